The van der Waals surface area contributed by atoms with Crippen LogP contribution in [0.2, 0.25) is 0 Å². The molecule has 0 aliphatic carbocycles. The monoisotopic (exact) mass is 294 g/mol. The molecular weight excluding hydrogens is 280 g/mol. The van der Waals surface area contributed by atoms with Gasteiger partial charge in [0.2, 0.25) is 0 Å². The summed E-state index contributed by atoms with van der Waals surface area (Å²) in [5, 5.41) is 20.9. The Morgan fingerprint density at radius 2 is 1.77 bits per heavy atom. The quantitative estimate of drug-likeness (QED) is 0.768. The molecule has 2 N–H and O–H groups in total. The predicted octanol–water partition coefficient (Wildman–Crippen LogP) is 3.92. The summed E-state index contributed by atoms with van der Waals surface area (Å²) in [5.74, 6) is -0.687. The number of phenolic OH excluding ortho intramolecular Hbond substituents is 1. The van der Waals surface area contributed by atoms with Crippen LogP contribution in [0.25, 0.3) is 21.9 Å². The fourth-order valence-corrected chi connectivity index (χ4v) is 2.68. The summed E-state index contributed by atoms with van der Waals surface area (Å²) < 4.78 is 5.29. The minimum absolute atomic E-state index is 0.0597. The molecule has 0 saturated heterocycles. The van der Waals surface area contributed by atoms with Gasteiger partial charge in [-0.3, -0.25) is 0 Å². The van der Waals surface area contributed by atoms with Gasteiger partial charge < -0.3 is 14.9 Å². The molecular formula is C18H14O4. The van der Waals surface area contributed by atoms with E-state index in [1.807, 2.05) is 30.3 Å². The van der Waals surface area contributed by atoms with Gasteiger partial charge in [-0.2, -0.15) is 0 Å². The summed E-state index contributed by atoms with van der Waals surface area (Å²) >= 11 is 0. The fraction of sp³-hybridized carbons (Fsp3) is 0.0556. The zero-order valence-electron chi connectivity index (χ0n) is 11.9. The van der Waals surface area contributed by atoms with Crippen LogP contribution in [-0.2, 0) is 0 Å². The molecule has 0 radical (unpaired) electrons. The van der Waals surface area contributed by atoms with Gasteiger partial charge in [0.25, 0.3) is 0 Å². The first-order chi connectivity index (χ1) is 10.6. The van der Waals surface area contributed by atoms with Crippen LogP contribution in [0, 0.1) is 0 Å². The first kappa shape index (κ1) is 13.9. The van der Waals surface area contributed by atoms with Crippen LogP contribution in [0.4, 0.5) is 0 Å². The second-order valence-corrected chi connectivity index (χ2v) is 4.87. The SMILES string of the molecule is COc1cccc2c(-c3ccccc3)c(C(=O)O)cc(O)c12. The number of carboxylic acids is 1. The minimum Gasteiger partial charge on any atom is -0.507 e. The lowest BCUT2D eigenvalue weighted by Crippen LogP contribution is -2.01. The molecule has 110 valence electrons. The van der Waals surface area contributed by atoms with Crippen molar-refractivity contribution in [2.75, 3.05) is 7.11 Å². The Bertz CT molecular complexity index is 854. The number of aromatic hydroxyl groups is 1. The van der Waals surface area contributed by atoms with Crippen molar-refractivity contribution in [3.05, 3.63) is 60.2 Å². The summed E-state index contributed by atoms with van der Waals surface area (Å²) in [4.78, 5) is 11.6. The lowest BCUT2D eigenvalue weighted by molar-refractivity contribution is 0.0697. The Labute approximate surface area is 127 Å². The molecule has 0 fully saturated rings. The highest BCUT2D eigenvalue weighted by Gasteiger charge is 2.20. The molecule has 0 spiro atoms. The normalized spacial score (nSPS) is 10.6. The molecule has 0 aliphatic rings. The molecule has 3 aromatic rings. The Kier molecular flexibility index (Phi) is 3.43. The minimum atomic E-state index is -1.08. The Morgan fingerprint density at radius 3 is 2.41 bits per heavy atom. The van der Waals surface area contributed by atoms with E-state index >= 15 is 0 Å². The number of ether oxygens (including phenoxy) is 1. The fourth-order valence-electron chi connectivity index (χ4n) is 2.68. The highest BCUT2D eigenvalue weighted by atomic mass is 16.5. The highest BCUT2D eigenvalue weighted by Crippen LogP contribution is 2.41. The first-order valence-electron chi connectivity index (χ1n) is 6.75. The average Bonchev–Trinajstić information content (AvgIpc) is 2.54. The third-order valence-corrected chi connectivity index (χ3v) is 3.61. The van der Waals surface area contributed by atoms with Crippen LogP contribution in [0.1, 0.15) is 10.4 Å². The number of carboxylic acid groups (broad SMARTS) is 1. The van der Waals surface area contributed by atoms with Crippen LogP contribution < -0.4 is 4.74 Å². The molecule has 0 saturated carbocycles. The van der Waals surface area contributed by atoms with Crippen LogP contribution in [0.15, 0.2) is 54.6 Å². The molecule has 22 heavy (non-hydrogen) atoms. The van der Waals surface area contributed by atoms with Gasteiger partial charge in [-0.25, -0.2) is 4.79 Å². The average molecular weight is 294 g/mol. The van der Waals surface area contributed by atoms with Crippen LogP contribution in [0.5, 0.6) is 11.5 Å². The van der Waals surface area contributed by atoms with E-state index < -0.39 is 5.97 Å². The zero-order chi connectivity index (χ0) is 15.7. The summed E-state index contributed by atoms with van der Waals surface area (Å²) in [5.41, 5.74) is 1.41. The van der Waals surface area contributed by atoms with E-state index in [1.165, 1.54) is 13.2 Å². The highest BCUT2D eigenvalue weighted by molar-refractivity contribution is 6.11. The van der Waals surface area contributed by atoms with Gasteiger partial charge in [-0.1, -0.05) is 42.5 Å². The Hall–Kier alpha value is -3.01. The molecule has 0 bridgehead atoms. The maximum Gasteiger partial charge on any atom is 0.336 e. The van der Waals surface area contributed by atoms with Crippen molar-refractivity contribution in [3.63, 3.8) is 0 Å². The largest absolute Gasteiger partial charge is 0.507 e. The van der Waals surface area contributed by atoms with Crippen molar-refractivity contribution in [2.45, 2.75) is 0 Å². The van der Waals surface area contributed by atoms with Crippen LogP contribution in [0.3, 0.4) is 0 Å². The number of rotatable bonds is 3. The van der Waals surface area contributed by atoms with E-state index in [2.05, 4.69) is 0 Å². The number of fused-ring (bicyclic) bond motifs is 1. The van der Waals surface area contributed by atoms with E-state index in [0.29, 0.717) is 22.1 Å². The molecule has 3 aromatic carbocycles. The number of carbonyl (C=O) groups is 1. The van der Waals surface area contributed by atoms with Crippen molar-refractivity contribution >= 4 is 16.7 Å². The second kappa shape index (κ2) is 5.41. The zero-order valence-corrected chi connectivity index (χ0v) is 11.9. The van der Waals surface area contributed by atoms with Gasteiger partial charge in [-0.15, -0.1) is 0 Å². The van der Waals surface area contributed by atoms with Crippen molar-refractivity contribution in [1.29, 1.82) is 0 Å². The van der Waals surface area contributed by atoms with Gasteiger partial charge in [0.05, 0.1) is 18.1 Å². The lowest BCUT2D eigenvalue weighted by Gasteiger charge is -2.14. The van der Waals surface area contributed by atoms with Gasteiger partial charge in [0, 0.05) is 5.56 Å². The predicted molar refractivity (Wildman–Crippen MR) is 84.6 cm³/mol. The summed E-state index contributed by atoms with van der Waals surface area (Å²) in [6, 6.07) is 15.8. The van der Waals surface area contributed by atoms with E-state index in [9.17, 15) is 15.0 Å². The molecule has 4 heteroatoms. The number of methoxy groups -OCH3 is 1. The van der Waals surface area contributed by atoms with E-state index in [-0.39, 0.29) is 11.3 Å². The summed E-state index contributed by atoms with van der Waals surface area (Å²) in [6.07, 6.45) is 0. The maximum atomic E-state index is 11.6. The number of aromatic carboxylic acids is 1. The van der Waals surface area contributed by atoms with Crippen LogP contribution in [-0.4, -0.2) is 23.3 Å². The van der Waals surface area contributed by atoms with E-state index in [4.69, 9.17) is 4.74 Å². The molecule has 0 aromatic heterocycles. The number of hydrogen-bond acceptors (Lipinski definition) is 3. The third kappa shape index (κ3) is 2.15. The van der Waals surface area contributed by atoms with E-state index in [1.54, 1.807) is 18.2 Å². The number of benzene rings is 3. The van der Waals surface area contributed by atoms with Crippen LogP contribution >= 0.6 is 0 Å². The second-order valence-electron chi connectivity index (χ2n) is 4.87. The molecule has 3 rings (SSSR count). The lowest BCUT2D eigenvalue weighted by atomic mass is 9.92. The number of phenols is 1. The first-order valence-corrected chi connectivity index (χ1v) is 6.75. The van der Waals surface area contributed by atoms with Gasteiger partial charge >= 0.3 is 5.97 Å². The Balaban J connectivity index is 2.49. The Morgan fingerprint density at radius 1 is 1.05 bits per heavy atom. The topological polar surface area (TPSA) is 66.8 Å². The molecule has 0 unspecified atom stereocenters. The van der Waals surface area contributed by atoms with Crippen molar-refractivity contribution in [3.8, 4) is 22.6 Å². The summed E-state index contributed by atoms with van der Waals surface area (Å²) in [7, 11) is 1.52. The van der Waals surface area contributed by atoms with Gasteiger partial charge in [-0.05, 0) is 23.1 Å². The van der Waals surface area contributed by atoms with Gasteiger partial charge in [0.1, 0.15) is 11.5 Å². The van der Waals surface area contributed by atoms with Crippen molar-refractivity contribution in [1.82, 2.24) is 0 Å². The standard InChI is InChI=1S/C18H14O4/c1-22-15-9-5-8-12-16(11-6-3-2-4-7-11)13(18(20)21)10-14(19)17(12)15/h2-10,19H,1H3,(H,20,21). The smallest absolute Gasteiger partial charge is 0.336 e. The molecule has 0 aliphatic heterocycles. The number of hydrogen-bond donors (Lipinski definition) is 2. The summed E-state index contributed by atoms with van der Waals surface area (Å²) in [6.45, 7) is 0. The third-order valence-electron chi connectivity index (χ3n) is 3.61. The van der Waals surface area contributed by atoms with Crippen molar-refractivity contribution in [2.24, 2.45) is 0 Å². The van der Waals surface area contributed by atoms with Gasteiger partial charge in [0.15, 0.2) is 0 Å². The molecule has 0 atom stereocenters. The molecule has 0 amide bonds. The molecule has 0 heterocycles. The maximum absolute atomic E-state index is 11.6. The van der Waals surface area contributed by atoms with Crippen molar-refractivity contribution < 1.29 is 19.7 Å². The molecule has 4 nitrogen and oxygen atoms in total. The van der Waals surface area contributed by atoms with E-state index in [0.717, 1.165) is 5.56 Å².